The fourth-order valence-electron chi connectivity index (χ4n) is 3.78. The Kier molecular flexibility index (Phi) is 8.71. The van der Waals surface area contributed by atoms with Gasteiger partial charge in [0.2, 0.25) is 0 Å². The van der Waals surface area contributed by atoms with Crippen molar-refractivity contribution >= 4 is 12.4 Å². The molecule has 3 aromatic rings. The fourth-order valence-corrected chi connectivity index (χ4v) is 3.78. The molecule has 1 fully saturated rings. The maximum absolute atomic E-state index is 13.4. The van der Waals surface area contributed by atoms with Crippen LogP contribution in [-0.4, -0.2) is 37.8 Å². The number of halogens is 2. The first kappa shape index (κ1) is 23.1. The number of alkyl halides is 1. The summed E-state index contributed by atoms with van der Waals surface area (Å²) in [6.45, 7) is 3.30. The second-order valence-corrected chi connectivity index (χ2v) is 7.32. The fraction of sp³-hybridized carbons (Fsp3) is 0.280. The van der Waals surface area contributed by atoms with Gasteiger partial charge in [0.05, 0.1) is 6.67 Å². The van der Waals surface area contributed by atoms with E-state index in [-0.39, 0.29) is 25.1 Å². The quantitative estimate of drug-likeness (QED) is 0.464. The Hall–Kier alpha value is -2.60. The molecule has 1 aliphatic rings. The molecule has 0 bridgehead atoms. The zero-order valence-electron chi connectivity index (χ0n) is 17.4. The van der Waals surface area contributed by atoms with Crippen molar-refractivity contribution in [2.45, 2.75) is 12.5 Å². The van der Waals surface area contributed by atoms with Gasteiger partial charge in [0.15, 0.2) is 11.5 Å². The van der Waals surface area contributed by atoms with Crippen LogP contribution in [0.25, 0.3) is 0 Å². The highest BCUT2D eigenvalue weighted by Gasteiger charge is 2.23. The second-order valence-electron chi connectivity index (χ2n) is 7.32. The van der Waals surface area contributed by atoms with Crippen LogP contribution in [0.3, 0.4) is 0 Å². The average molecular weight is 443 g/mol. The Labute approximate surface area is 189 Å². The Bertz CT molecular complexity index is 921. The van der Waals surface area contributed by atoms with Crippen molar-refractivity contribution in [2.75, 3.05) is 32.9 Å². The molecular formula is C25H28ClFN2O2. The minimum absolute atomic E-state index is 0. The van der Waals surface area contributed by atoms with E-state index in [1.54, 1.807) is 0 Å². The van der Waals surface area contributed by atoms with E-state index in [9.17, 15) is 4.39 Å². The van der Waals surface area contributed by atoms with Crippen LogP contribution in [0.5, 0.6) is 23.0 Å². The number of benzene rings is 3. The van der Waals surface area contributed by atoms with Gasteiger partial charge < -0.3 is 14.8 Å². The Morgan fingerprint density at radius 1 is 0.806 bits per heavy atom. The van der Waals surface area contributed by atoms with Crippen molar-refractivity contribution in [3.05, 3.63) is 84.4 Å². The number of hydrogen-bond acceptors (Lipinski definition) is 4. The molecule has 1 heterocycles. The maximum Gasteiger partial charge on any atom is 0.170 e. The zero-order valence-corrected chi connectivity index (χ0v) is 18.2. The molecule has 0 aromatic heterocycles. The lowest BCUT2D eigenvalue weighted by Crippen LogP contribution is -2.45. The summed E-state index contributed by atoms with van der Waals surface area (Å²) in [7, 11) is 0. The number of para-hydroxylation sites is 2. The number of rotatable bonds is 8. The molecule has 3 aromatic carbocycles. The first-order chi connectivity index (χ1) is 14.8. The lowest BCUT2D eigenvalue weighted by atomic mass is 10.0. The Morgan fingerprint density at radius 3 is 1.97 bits per heavy atom. The van der Waals surface area contributed by atoms with Gasteiger partial charge in [0, 0.05) is 32.2 Å². The third kappa shape index (κ3) is 6.20. The summed E-state index contributed by atoms with van der Waals surface area (Å²) in [4.78, 5) is 2.34. The summed E-state index contributed by atoms with van der Waals surface area (Å²) in [5, 5.41) is 3.36. The van der Waals surface area contributed by atoms with E-state index in [0.29, 0.717) is 17.9 Å². The van der Waals surface area contributed by atoms with E-state index in [2.05, 4.69) is 10.2 Å². The summed E-state index contributed by atoms with van der Waals surface area (Å²) < 4.78 is 25.7. The molecule has 1 saturated heterocycles. The highest BCUT2D eigenvalue weighted by Crippen LogP contribution is 2.38. The molecule has 6 heteroatoms. The van der Waals surface area contributed by atoms with Gasteiger partial charge >= 0.3 is 0 Å². The van der Waals surface area contributed by atoms with Gasteiger partial charge in [0.25, 0.3) is 0 Å². The minimum atomic E-state index is -0.355. The summed E-state index contributed by atoms with van der Waals surface area (Å²) in [5.41, 5.74) is 1.04. The van der Waals surface area contributed by atoms with Gasteiger partial charge in [-0.3, -0.25) is 9.29 Å². The van der Waals surface area contributed by atoms with Crippen molar-refractivity contribution in [3.8, 4) is 23.0 Å². The topological polar surface area (TPSA) is 33.7 Å². The maximum atomic E-state index is 13.4. The highest BCUT2D eigenvalue weighted by molar-refractivity contribution is 5.85. The largest absolute Gasteiger partial charge is 0.453 e. The molecule has 0 saturated carbocycles. The lowest BCUT2D eigenvalue weighted by molar-refractivity contribution is 0.157. The van der Waals surface area contributed by atoms with E-state index >= 15 is 0 Å². The van der Waals surface area contributed by atoms with Crippen LogP contribution < -0.4 is 14.8 Å². The first-order valence-corrected chi connectivity index (χ1v) is 10.4. The van der Waals surface area contributed by atoms with Crippen LogP contribution in [0.1, 0.15) is 18.0 Å². The second kappa shape index (κ2) is 11.7. The Balaban J connectivity index is 0.00000272. The van der Waals surface area contributed by atoms with Crippen LogP contribution in [0.4, 0.5) is 4.39 Å². The molecule has 164 valence electrons. The van der Waals surface area contributed by atoms with E-state index < -0.39 is 0 Å². The summed E-state index contributed by atoms with van der Waals surface area (Å²) in [5.74, 6) is 2.73. The van der Waals surface area contributed by atoms with Crippen LogP contribution in [0, 0.1) is 0 Å². The molecule has 31 heavy (non-hydrogen) atoms. The summed E-state index contributed by atoms with van der Waals surface area (Å²) >= 11 is 0. The SMILES string of the molecule is Cl.FCC[C@H](c1ccc(Oc2ccccc2)c(Oc2ccccc2)c1)N1CCNCC1. The molecular weight excluding hydrogens is 415 g/mol. The predicted octanol–water partition coefficient (Wildman–Crippen LogP) is 6.00. The third-order valence-corrected chi connectivity index (χ3v) is 5.27. The van der Waals surface area contributed by atoms with E-state index in [1.807, 2.05) is 78.9 Å². The molecule has 4 nitrogen and oxygen atoms in total. The highest BCUT2D eigenvalue weighted by atomic mass is 35.5. The third-order valence-electron chi connectivity index (χ3n) is 5.27. The molecule has 0 amide bonds. The lowest BCUT2D eigenvalue weighted by Gasteiger charge is -2.35. The van der Waals surface area contributed by atoms with Crippen LogP contribution in [0.15, 0.2) is 78.9 Å². The zero-order chi connectivity index (χ0) is 20.6. The number of nitrogens with zero attached hydrogens (tertiary/aromatic N) is 1. The van der Waals surface area contributed by atoms with Gasteiger partial charge in [-0.05, 0) is 48.4 Å². The smallest absolute Gasteiger partial charge is 0.170 e. The van der Waals surface area contributed by atoms with E-state index in [0.717, 1.165) is 43.2 Å². The monoisotopic (exact) mass is 442 g/mol. The van der Waals surface area contributed by atoms with Crippen molar-refractivity contribution < 1.29 is 13.9 Å². The normalized spacial score (nSPS) is 15.0. The summed E-state index contributed by atoms with van der Waals surface area (Å²) in [6.07, 6.45) is 0.462. The minimum Gasteiger partial charge on any atom is -0.453 e. The van der Waals surface area contributed by atoms with Crippen LogP contribution in [-0.2, 0) is 0 Å². The standard InChI is InChI=1S/C25H27FN2O2.ClH/c26-14-13-23(28-17-15-27-16-18-28)20-11-12-24(29-21-7-3-1-4-8-21)25(19-20)30-22-9-5-2-6-10-22;/h1-12,19,23,27H,13-18H2;1H/t23-;/m1./s1. The average Bonchev–Trinajstić information content (AvgIpc) is 2.81. The van der Waals surface area contributed by atoms with Crippen molar-refractivity contribution in [1.82, 2.24) is 10.2 Å². The van der Waals surface area contributed by atoms with E-state index in [1.165, 1.54) is 0 Å². The molecule has 0 unspecified atom stereocenters. The van der Waals surface area contributed by atoms with Crippen molar-refractivity contribution in [1.29, 1.82) is 0 Å². The molecule has 1 atom stereocenters. The van der Waals surface area contributed by atoms with Crippen molar-refractivity contribution in [2.24, 2.45) is 0 Å². The number of piperazine rings is 1. The molecule has 0 radical (unpaired) electrons. The van der Waals surface area contributed by atoms with Crippen LogP contribution in [0.2, 0.25) is 0 Å². The molecule has 1 aliphatic heterocycles. The summed E-state index contributed by atoms with van der Waals surface area (Å²) in [6, 6.07) is 25.2. The molecule has 1 N–H and O–H groups in total. The number of nitrogens with one attached hydrogen (secondary N) is 1. The van der Waals surface area contributed by atoms with Gasteiger partial charge in [-0.2, -0.15) is 0 Å². The molecule has 0 spiro atoms. The van der Waals surface area contributed by atoms with Gasteiger partial charge in [0.1, 0.15) is 11.5 Å². The first-order valence-electron chi connectivity index (χ1n) is 10.4. The predicted molar refractivity (Wildman–Crippen MR) is 124 cm³/mol. The number of ether oxygens (including phenoxy) is 2. The van der Waals surface area contributed by atoms with E-state index in [4.69, 9.17) is 9.47 Å². The van der Waals surface area contributed by atoms with Gasteiger partial charge in [-0.25, -0.2) is 0 Å². The molecule has 4 rings (SSSR count). The van der Waals surface area contributed by atoms with Gasteiger partial charge in [-0.15, -0.1) is 12.4 Å². The molecule has 0 aliphatic carbocycles. The van der Waals surface area contributed by atoms with Crippen molar-refractivity contribution in [3.63, 3.8) is 0 Å². The van der Waals surface area contributed by atoms with Crippen LogP contribution >= 0.6 is 12.4 Å². The number of hydrogen-bond donors (Lipinski definition) is 1. The van der Waals surface area contributed by atoms with Gasteiger partial charge in [-0.1, -0.05) is 42.5 Å². The Morgan fingerprint density at radius 2 is 1.39 bits per heavy atom.